The van der Waals surface area contributed by atoms with Gasteiger partial charge in [-0.25, -0.2) is 13.4 Å². The standard InChI is InChI=1S/C18H17N5O3S2/c24-28(25,13-6-2-1-3-7-13)18-17-20-16(19-11-12-5-4-9-26-12)15-14(8-10-27-15)23(17)22-21-18/h1-3,6-8,10,12H,4-5,9,11H2,(H,19,20). The fraction of sp³-hybridized carbons (Fsp3) is 0.278. The molecule has 4 heterocycles. The normalized spacial score (nSPS) is 17.5. The second-order valence-electron chi connectivity index (χ2n) is 6.56. The van der Waals surface area contributed by atoms with Gasteiger partial charge in [-0.1, -0.05) is 23.4 Å². The van der Waals surface area contributed by atoms with E-state index in [0.717, 1.165) is 29.7 Å². The first kappa shape index (κ1) is 17.5. The number of benzene rings is 1. The third kappa shape index (κ3) is 2.84. The predicted molar refractivity (Wildman–Crippen MR) is 106 cm³/mol. The molecule has 5 rings (SSSR count). The summed E-state index contributed by atoms with van der Waals surface area (Å²) in [6.07, 6.45) is 2.20. The Morgan fingerprint density at radius 2 is 2.11 bits per heavy atom. The average molecular weight is 416 g/mol. The topological polar surface area (TPSA) is 98.5 Å². The number of rotatable bonds is 5. The second-order valence-corrected chi connectivity index (χ2v) is 9.34. The summed E-state index contributed by atoms with van der Waals surface area (Å²) in [6.45, 7) is 1.40. The quantitative estimate of drug-likeness (QED) is 0.535. The third-order valence-electron chi connectivity index (χ3n) is 4.75. The summed E-state index contributed by atoms with van der Waals surface area (Å²) in [6, 6.07) is 10.1. The van der Waals surface area contributed by atoms with Crippen molar-refractivity contribution in [3.05, 3.63) is 41.8 Å². The fourth-order valence-corrected chi connectivity index (χ4v) is 5.44. The highest BCUT2D eigenvalue weighted by atomic mass is 32.2. The Kier molecular flexibility index (Phi) is 4.26. The van der Waals surface area contributed by atoms with Gasteiger partial charge in [-0.15, -0.1) is 16.4 Å². The largest absolute Gasteiger partial charge is 0.376 e. The monoisotopic (exact) mass is 415 g/mol. The molecule has 1 fully saturated rings. The minimum atomic E-state index is -3.83. The Labute approximate surface area is 165 Å². The van der Waals surface area contributed by atoms with E-state index in [1.165, 1.54) is 15.9 Å². The average Bonchev–Trinajstić information content (AvgIpc) is 3.46. The van der Waals surface area contributed by atoms with Crippen molar-refractivity contribution in [3.8, 4) is 0 Å². The van der Waals surface area contributed by atoms with Gasteiger partial charge in [0.05, 0.1) is 21.2 Å². The van der Waals surface area contributed by atoms with Crippen LogP contribution in [-0.2, 0) is 14.6 Å². The van der Waals surface area contributed by atoms with E-state index in [0.29, 0.717) is 12.4 Å². The maximum atomic E-state index is 13.1. The first-order valence-corrected chi connectivity index (χ1v) is 11.3. The number of nitrogens with one attached hydrogen (secondary N) is 1. The molecule has 0 spiro atoms. The minimum absolute atomic E-state index is 0.142. The summed E-state index contributed by atoms with van der Waals surface area (Å²) in [5, 5.41) is 13.1. The van der Waals surface area contributed by atoms with Gasteiger partial charge in [-0.05, 0) is 36.4 Å². The van der Waals surface area contributed by atoms with Crippen LogP contribution < -0.4 is 5.32 Å². The highest BCUT2D eigenvalue weighted by molar-refractivity contribution is 7.91. The predicted octanol–water partition coefficient (Wildman–Crippen LogP) is 2.76. The second kappa shape index (κ2) is 6.80. The van der Waals surface area contributed by atoms with E-state index in [1.807, 2.05) is 11.4 Å². The van der Waals surface area contributed by atoms with Crippen molar-refractivity contribution < 1.29 is 13.2 Å². The number of thiophene rings is 1. The van der Waals surface area contributed by atoms with Crippen LogP contribution >= 0.6 is 11.3 Å². The van der Waals surface area contributed by atoms with Crippen LogP contribution in [0.5, 0.6) is 0 Å². The van der Waals surface area contributed by atoms with E-state index >= 15 is 0 Å². The van der Waals surface area contributed by atoms with Crippen molar-refractivity contribution in [3.63, 3.8) is 0 Å². The molecule has 4 aromatic rings. The van der Waals surface area contributed by atoms with Crippen molar-refractivity contribution in [2.45, 2.75) is 28.9 Å². The molecule has 0 amide bonds. The summed E-state index contributed by atoms with van der Waals surface area (Å²) in [5.41, 5.74) is 0.983. The van der Waals surface area contributed by atoms with E-state index in [9.17, 15) is 8.42 Å². The van der Waals surface area contributed by atoms with E-state index in [-0.39, 0.29) is 21.7 Å². The first-order valence-electron chi connectivity index (χ1n) is 8.93. The van der Waals surface area contributed by atoms with Gasteiger partial charge in [0.15, 0.2) is 5.65 Å². The zero-order valence-corrected chi connectivity index (χ0v) is 16.4. The lowest BCUT2D eigenvalue weighted by Crippen LogP contribution is -2.19. The molecule has 28 heavy (non-hydrogen) atoms. The summed E-state index contributed by atoms with van der Waals surface area (Å²) in [5.74, 6) is 0.625. The molecule has 8 nitrogen and oxygen atoms in total. The molecule has 144 valence electrons. The Balaban J connectivity index is 1.63. The van der Waals surface area contributed by atoms with Crippen molar-refractivity contribution in [2.75, 3.05) is 18.5 Å². The zero-order valence-electron chi connectivity index (χ0n) is 14.8. The highest BCUT2D eigenvalue weighted by Crippen LogP contribution is 2.31. The smallest absolute Gasteiger partial charge is 0.229 e. The van der Waals surface area contributed by atoms with E-state index in [2.05, 4.69) is 20.6 Å². The van der Waals surface area contributed by atoms with Crippen LogP contribution in [0.3, 0.4) is 0 Å². The molecule has 3 aromatic heterocycles. The number of hydrogen-bond acceptors (Lipinski definition) is 8. The van der Waals surface area contributed by atoms with Crippen LogP contribution in [0, 0.1) is 0 Å². The van der Waals surface area contributed by atoms with Crippen molar-refractivity contribution in [1.29, 1.82) is 0 Å². The van der Waals surface area contributed by atoms with Gasteiger partial charge < -0.3 is 10.1 Å². The van der Waals surface area contributed by atoms with Crippen LogP contribution in [0.2, 0.25) is 0 Å². The molecule has 1 atom stereocenters. The molecule has 1 aliphatic heterocycles. The molecule has 1 aliphatic rings. The van der Waals surface area contributed by atoms with E-state index in [1.54, 1.807) is 30.3 Å². The van der Waals surface area contributed by atoms with Gasteiger partial charge in [0.2, 0.25) is 14.9 Å². The third-order valence-corrected chi connectivity index (χ3v) is 7.33. The van der Waals surface area contributed by atoms with Crippen molar-refractivity contribution in [1.82, 2.24) is 19.8 Å². The molecule has 0 aliphatic carbocycles. The van der Waals surface area contributed by atoms with Crippen LogP contribution in [0.4, 0.5) is 5.82 Å². The zero-order chi connectivity index (χ0) is 19.1. The molecule has 1 aromatic carbocycles. The number of sulfone groups is 1. The number of hydrogen-bond donors (Lipinski definition) is 1. The lowest BCUT2D eigenvalue weighted by Gasteiger charge is -2.12. The molecule has 0 radical (unpaired) electrons. The van der Waals surface area contributed by atoms with Crippen molar-refractivity contribution >= 4 is 42.9 Å². The number of aromatic nitrogens is 4. The molecule has 1 N–H and O–H groups in total. The Hall–Kier alpha value is -2.56. The number of nitrogens with zero attached hydrogens (tertiary/aromatic N) is 4. The van der Waals surface area contributed by atoms with E-state index in [4.69, 9.17) is 4.74 Å². The highest BCUT2D eigenvalue weighted by Gasteiger charge is 2.27. The van der Waals surface area contributed by atoms with Crippen LogP contribution in [0.25, 0.3) is 15.9 Å². The summed E-state index contributed by atoms with van der Waals surface area (Å²) in [7, 11) is -3.83. The van der Waals surface area contributed by atoms with Crippen molar-refractivity contribution in [2.24, 2.45) is 0 Å². The van der Waals surface area contributed by atoms with E-state index < -0.39 is 9.84 Å². The van der Waals surface area contributed by atoms with Gasteiger partial charge in [-0.3, -0.25) is 0 Å². The molecule has 10 heteroatoms. The minimum Gasteiger partial charge on any atom is -0.376 e. The lowest BCUT2D eigenvalue weighted by molar-refractivity contribution is 0.120. The maximum absolute atomic E-state index is 13.1. The lowest BCUT2D eigenvalue weighted by atomic mass is 10.2. The van der Waals surface area contributed by atoms with Gasteiger partial charge >= 0.3 is 0 Å². The SMILES string of the molecule is O=S(=O)(c1ccccc1)c1nnn2c1nc(NCC1CCCO1)c1sccc12. The molecular formula is C18H17N5O3S2. The maximum Gasteiger partial charge on any atom is 0.229 e. The first-order chi connectivity index (χ1) is 13.6. The Morgan fingerprint density at radius 1 is 1.25 bits per heavy atom. The molecule has 0 bridgehead atoms. The van der Waals surface area contributed by atoms with Gasteiger partial charge in [0, 0.05) is 13.2 Å². The Bertz CT molecular complexity index is 1240. The van der Waals surface area contributed by atoms with Crippen LogP contribution in [0.1, 0.15) is 12.8 Å². The van der Waals surface area contributed by atoms with Gasteiger partial charge in [0.25, 0.3) is 0 Å². The van der Waals surface area contributed by atoms with Crippen LogP contribution in [-0.4, -0.2) is 47.5 Å². The molecule has 1 saturated heterocycles. The number of ether oxygens (including phenoxy) is 1. The van der Waals surface area contributed by atoms with Crippen LogP contribution in [0.15, 0.2) is 51.7 Å². The summed E-state index contributed by atoms with van der Waals surface area (Å²) >= 11 is 1.52. The summed E-state index contributed by atoms with van der Waals surface area (Å²) < 4.78 is 34.2. The Morgan fingerprint density at radius 3 is 2.89 bits per heavy atom. The number of fused-ring (bicyclic) bond motifs is 3. The van der Waals surface area contributed by atoms with Gasteiger partial charge in [0.1, 0.15) is 5.82 Å². The molecular weight excluding hydrogens is 398 g/mol. The summed E-state index contributed by atoms with van der Waals surface area (Å²) in [4.78, 5) is 4.76. The molecule has 1 unspecified atom stereocenters. The molecule has 0 saturated carbocycles. The number of anilines is 1. The van der Waals surface area contributed by atoms with Gasteiger partial charge in [-0.2, -0.15) is 4.52 Å². The fourth-order valence-electron chi connectivity index (χ4n) is 3.34.